The summed E-state index contributed by atoms with van der Waals surface area (Å²) in [7, 11) is 0. The molecule has 4 aliphatic carbocycles. The van der Waals surface area contributed by atoms with Crippen LogP contribution in [0.25, 0.3) is 11.3 Å². The number of nitrogens with zero attached hydrogens (tertiary/aromatic N) is 1. The Morgan fingerprint density at radius 1 is 0.966 bits per heavy atom. The molecule has 1 heterocycles. The number of hydrogen-bond donors (Lipinski definition) is 1. The summed E-state index contributed by atoms with van der Waals surface area (Å²) in [6, 6.07) is 9.08. The highest BCUT2D eigenvalue weighted by Gasteiger charge is 2.40. The zero-order valence-corrected chi connectivity index (χ0v) is 15.3. The molecule has 4 aliphatic rings. The molecule has 2 aromatic rings. The van der Waals surface area contributed by atoms with E-state index in [0.29, 0.717) is 40.1 Å². The average Bonchev–Trinajstić information content (AvgIpc) is 2.76. The van der Waals surface area contributed by atoms with Crippen molar-refractivity contribution in [1.29, 1.82) is 0 Å². The van der Waals surface area contributed by atoms with Crippen LogP contribution in [0.2, 0.25) is 0 Å². The van der Waals surface area contributed by atoms with E-state index in [-0.39, 0.29) is 23.2 Å². The van der Waals surface area contributed by atoms with Gasteiger partial charge in [0, 0.05) is 22.6 Å². The Labute approximate surface area is 166 Å². The fourth-order valence-electron chi connectivity index (χ4n) is 4.70. The summed E-state index contributed by atoms with van der Waals surface area (Å²) >= 11 is 0. The minimum absolute atomic E-state index is 0.0385. The van der Waals surface area contributed by atoms with Crippen LogP contribution in [0.3, 0.4) is 0 Å². The second-order valence-corrected chi connectivity index (χ2v) is 7.56. The molecule has 4 heteroatoms. The summed E-state index contributed by atoms with van der Waals surface area (Å²) in [6.07, 6.45) is 11.9. The highest BCUT2D eigenvalue weighted by molar-refractivity contribution is 6.28. The molecule has 1 atom stereocenters. The van der Waals surface area contributed by atoms with Gasteiger partial charge in [-0.05, 0) is 29.2 Å². The third-order valence-corrected chi connectivity index (χ3v) is 6.00. The van der Waals surface area contributed by atoms with Crippen LogP contribution in [-0.2, 0) is 6.42 Å². The van der Waals surface area contributed by atoms with Gasteiger partial charge in [-0.25, -0.2) is 4.98 Å². The average molecular weight is 377 g/mol. The smallest absolute Gasteiger partial charge is 0.204 e. The van der Waals surface area contributed by atoms with Gasteiger partial charge in [0.15, 0.2) is 5.78 Å². The van der Waals surface area contributed by atoms with Crippen molar-refractivity contribution >= 4 is 22.9 Å². The van der Waals surface area contributed by atoms with E-state index in [1.807, 2.05) is 36.4 Å². The monoisotopic (exact) mass is 377 g/mol. The van der Waals surface area contributed by atoms with E-state index in [2.05, 4.69) is 0 Å². The number of allylic oxidation sites excluding steroid dienone is 9. The number of ketones is 2. The maximum Gasteiger partial charge on any atom is 0.204 e. The van der Waals surface area contributed by atoms with E-state index < -0.39 is 0 Å². The quantitative estimate of drug-likeness (QED) is 0.733. The summed E-state index contributed by atoms with van der Waals surface area (Å²) in [5.41, 5.74) is 5.48. The van der Waals surface area contributed by atoms with E-state index in [1.54, 1.807) is 24.3 Å². The van der Waals surface area contributed by atoms with E-state index in [1.165, 1.54) is 6.08 Å². The summed E-state index contributed by atoms with van der Waals surface area (Å²) < 4.78 is 0. The molecule has 0 amide bonds. The number of pyridine rings is 1. The first-order valence-corrected chi connectivity index (χ1v) is 9.57. The van der Waals surface area contributed by atoms with Gasteiger partial charge in [-0.15, -0.1) is 0 Å². The van der Waals surface area contributed by atoms with Crippen LogP contribution in [0.5, 0.6) is 0 Å². The van der Waals surface area contributed by atoms with Gasteiger partial charge in [0.05, 0.1) is 11.3 Å². The number of fused-ring (bicyclic) bond motifs is 7. The Balaban J connectivity index is 1.74. The van der Waals surface area contributed by atoms with Crippen molar-refractivity contribution in [2.24, 2.45) is 0 Å². The van der Waals surface area contributed by atoms with Crippen LogP contribution in [0, 0.1) is 0 Å². The molecular weight excluding hydrogens is 362 g/mol. The normalized spacial score (nSPS) is 20.9. The van der Waals surface area contributed by atoms with Crippen molar-refractivity contribution in [2.75, 3.05) is 0 Å². The zero-order chi connectivity index (χ0) is 19.7. The molecular formula is C25H15NO3. The molecule has 0 bridgehead atoms. The van der Waals surface area contributed by atoms with Gasteiger partial charge in [0.2, 0.25) is 5.78 Å². The van der Waals surface area contributed by atoms with Gasteiger partial charge in [-0.1, -0.05) is 60.7 Å². The third-order valence-electron chi connectivity index (χ3n) is 6.00. The summed E-state index contributed by atoms with van der Waals surface area (Å²) in [5.74, 6) is -0.358. The number of carbonyl (C=O) groups is 2. The lowest BCUT2D eigenvalue weighted by molar-refractivity contribution is 0.103. The molecule has 1 unspecified atom stereocenters. The third kappa shape index (κ3) is 2.06. The van der Waals surface area contributed by atoms with Crippen LogP contribution < -0.4 is 0 Å². The van der Waals surface area contributed by atoms with Crippen molar-refractivity contribution < 1.29 is 14.7 Å². The van der Waals surface area contributed by atoms with Crippen LogP contribution in [0.4, 0.5) is 0 Å². The topological polar surface area (TPSA) is 67.3 Å². The van der Waals surface area contributed by atoms with Gasteiger partial charge in [0.1, 0.15) is 11.5 Å². The number of aliphatic hydroxyl groups excluding tert-OH is 1. The van der Waals surface area contributed by atoms with Crippen molar-refractivity contribution in [3.8, 4) is 0 Å². The fourth-order valence-corrected chi connectivity index (χ4v) is 4.70. The Bertz CT molecular complexity index is 1320. The summed E-state index contributed by atoms with van der Waals surface area (Å²) in [6.45, 7) is 0. The Morgan fingerprint density at radius 3 is 2.66 bits per heavy atom. The SMILES string of the molecule is O=C1C2=C3C=CC=CC3c3cc4c(nc3C2=C(O)c2ccccc21)C(=O)C=CC4. The number of rotatable bonds is 0. The summed E-state index contributed by atoms with van der Waals surface area (Å²) in [4.78, 5) is 30.6. The highest BCUT2D eigenvalue weighted by Crippen LogP contribution is 2.50. The molecule has 1 aromatic carbocycles. The van der Waals surface area contributed by atoms with Crippen LogP contribution in [0.15, 0.2) is 77.9 Å². The van der Waals surface area contributed by atoms with Crippen molar-refractivity contribution in [3.63, 3.8) is 0 Å². The standard InChI is InChI=1S/C25H15NO3/c27-19-11-5-6-13-12-18-14-7-1-2-8-15(14)20-21(23(18)26-22(13)19)25(29)17-10-4-3-9-16(17)24(20)28/h1-5,7-12,14,29H,6H2. The minimum Gasteiger partial charge on any atom is -0.507 e. The second-order valence-electron chi connectivity index (χ2n) is 7.56. The van der Waals surface area contributed by atoms with Crippen LogP contribution in [-0.4, -0.2) is 21.7 Å². The van der Waals surface area contributed by atoms with E-state index >= 15 is 0 Å². The van der Waals surface area contributed by atoms with Crippen molar-refractivity contribution in [1.82, 2.24) is 4.98 Å². The van der Waals surface area contributed by atoms with Gasteiger partial charge in [0.25, 0.3) is 0 Å². The molecule has 1 N–H and O–H groups in total. The minimum atomic E-state index is -0.146. The lowest BCUT2D eigenvalue weighted by Crippen LogP contribution is -2.25. The second kappa shape index (κ2) is 5.61. The van der Waals surface area contributed by atoms with E-state index in [0.717, 1.165) is 16.7 Å². The molecule has 0 radical (unpaired) electrons. The summed E-state index contributed by atoms with van der Waals surface area (Å²) in [5, 5.41) is 11.2. The highest BCUT2D eigenvalue weighted by atomic mass is 16.3. The largest absolute Gasteiger partial charge is 0.507 e. The predicted octanol–water partition coefficient (Wildman–Crippen LogP) is 4.52. The van der Waals surface area contributed by atoms with Crippen LogP contribution in [0.1, 0.15) is 49.1 Å². The van der Waals surface area contributed by atoms with E-state index in [4.69, 9.17) is 4.98 Å². The number of aromatic nitrogens is 1. The molecule has 1 aromatic heterocycles. The fraction of sp³-hybridized carbons (Fsp3) is 0.0800. The van der Waals surface area contributed by atoms with Crippen molar-refractivity contribution in [2.45, 2.75) is 12.3 Å². The Morgan fingerprint density at radius 2 is 1.79 bits per heavy atom. The number of benzene rings is 1. The van der Waals surface area contributed by atoms with E-state index in [9.17, 15) is 14.7 Å². The molecule has 0 fully saturated rings. The first-order chi connectivity index (χ1) is 14.1. The van der Waals surface area contributed by atoms with Crippen molar-refractivity contribution in [3.05, 3.63) is 112 Å². The van der Waals surface area contributed by atoms with Gasteiger partial charge < -0.3 is 5.11 Å². The molecule has 138 valence electrons. The number of carbonyl (C=O) groups excluding carboxylic acids is 2. The first-order valence-electron chi connectivity index (χ1n) is 9.57. The lowest BCUT2D eigenvalue weighted by atomic mass is 9.70. The van der Waals surface area contributed by atoms with Gasteiger partial charge in [-0.3, -0.25) is 9.59 Å². The molecule has 6 rings (SSSR count). The molecule has 4 nitrogen and oxygen atoms in total. The molecule has 29 heavy (non-hydrogen) atoms. The number of aliphatic hydroxyl groups is 1. The Kier molecular flexibility index (Phi) is 3.13. The maximum absolute atomic E-state index is 13.4. The number of hydrogen-bond acceptors (Lipinski definition) is 4. The Hall–Kier alpha value is -3.79. The molecule has 0 saturated carbocycles. The van der Waals surface area contributed by atoms with Crippen LogP contribution >= 0.6 is 0 Å². The lowest BCUT2D eigenvalue weighted by Gasteiger charge is -2.33. The zero-order valence-electron chi connectivity index (χ0n) is 15.3. The van der Waals surface area contributed by atoms with Gasteiger partial charge >= 0.3 is 0 Å². The maximum atomic E-state index is 13.4. The molecule has 0 spiro atoms. The molecule has 0 saturated heterocycles. The number of Topliss-reactive ketones (excluding diaryl/α,β-unsaturated/α-hetero) is 1. The molecule has 0 aliphatic heterocycles. The predicted molar refractivity (Wildman–Crippen MR) is 110 cm³/mol. The van der Waals surface area contributed by atoms with Gasteiger partial charge in [-0.2, -0.15) is 0 Å². The first kappa shape index (κ1) is 16.2.